The van der Waals surface area contributed by atoms with Crippen molar-refractivity contribution in [2.75, 3.05) is 0 Å². The van der Waals surface area contributed by atoms with Gasteiger partial charge in [0.05, 0.1) is 6.20 Å². The lowest BCUT2D eigenvalue weighted by Crippen LogP contribution is -2.14. The number of amides is 1. The number of hydrogen-bond acceptors (Lipinski definition) is 4. The molecule has 132 valence electrons. The van der Waals surface area contributed by atoms with Crippen LogP contribution in [-0.4, -0.2) is 16.1 Å². The molecule has 0 aliphatic rings. The fraction of sp³-hybridized carbons (Fsp3) is 0.143. The van der Waals surface area contributed by atoms with Crippen LogP contribution in [0, 0.1) is 0 Å². The lowest BCUT2D eigenvalue weighted by molar-refractivity contribution is -0.124. The lowest BCUT2D eigenvalue weighted by Gasteiger charge is -2.00. The largest absolute Gasteiger partial charge is 0.441 e. The molecule has 26 heavy (non-hydrogen) atoms. The molecule has 2 aromatic carbocycles. The zero-order valence-electron chi connectivity index (χ0n) is 14.3. The smallest absolute Gasteiger partial charge is 0.267 e. The summed E-state index contributed by atoms with van der Waals surface area (Å²) in [5.74, 6) is 0.896. The number of hydrogen-bond donors (Lipinski definition) is 2. The van der Waals surface area contributed by atoms with Crippen LogP contribution in [0.3, 0.4) is 0 Å². The topological polar surface area (TPSA) is 75.4 Å². The molecule has 5 nitrogen and oxygen atoms in total. The zero-order chi connectivity index (χ0) is 18.2. The third-order valence-electron chi connectivity index (χ3n) is 3.99. The highest BCUT2D eigenvalue weighted by Crippen LogP contribution is 2.22. The molecule has 0 saturated heterocycles. The molecule has 1 heterocycles. The molecule has 0 unspecified atom stereocenters. The van der Waals surface area contributed by atoms with Crippen molar-refractivity contribution in [2.45, 2.75) is 19.3 Å². The highest BCUT2D eigenvalue weighted by molar-refractivity contribution is 5.90. The summed E-state index contributed by atoms with van der Waals surface area (Å²) >= 11 is 0. The Labute approximate surface area is 152 Å². The third-order valence-corrected chi connectivity index (χ3v) is 3.99. The van der Waals surface area contributed by atoms with Gasteiger partial charge in [-0.25, -0.2) is 10.5 Å². The maximum atomic E-state index is 11.0. The molecule has 0 spiro atoms. The van der Waals surface area contributed by atoms with Crippen molar-refractivity contribution in [3.63, 3.8) is 0 Å². The molecule has 0 aliphatic heterocycles. The Morgan fingerprint density at radius 3 is 2.58 bits per heavy atom. The molecule has 0 fully saturated rings. The Morgan fingerprint density at radius 1 is 1.08 bits per heavy atom. The van der Waals surface area contributed by atoms with Crippen molar-refractivity contribution in [3.05, 3.63) is 83.9 Å². The normalized spacial score (nSPS) is 11.0. The molecule has 5 heteroatoms. The van der Waals surface area contributed by atoms with Gasteiger partial charge in [0.25, 0.3) is 5.91 Å². The maximum absolute atomic E-state index is 11.0. The fourth-order valence-corrected chi connectivity index (χ4v) is 2.62. The first-order valence-electron chi connectivity index (χ1n) is 8.46. The van der Waals surface area contributed by atoms with E-state index in [1.54, 1.807) is 17.8 Å². The molecular formula is C21H20N2O3. The SMILES string of the molecule is O=C(/C=C/c1ccc(-c2cnc(CCCc3ccccc3)o2)cc1)NO. The first-order chi connectivity index (χ1) is 12.7. The third kappa shape index (κ3) is 4.91. The highest BCUT2D eigenvalue weighted by Gasteiger charge is 2.06. The highest BCUT2D eigenvalue weighted by atomic mass is 16.5. The summed E-state index contributed by atoms with van der Waals surface area (Å²) in [6.07, 6.45) is 7.40. The van der Waals surface area contributed by atoms with Crippen molar-refractivity contribution < 1.29 is 14.4 Å². The van der Waals surface area contributed by atoms with Crippen LogP contribution in [0.1, 0.15) is 23.4 Å². The number of rotatable bonds is 7. The van der Waals surface area contributed by atoms with Crippen molar-refractivity contribution >= 4 is 12.0 Å². The van der Waals surface area contributed by atoms with E-state index in [2.05, 4.69) is 17.1 Å². The van der Waals surface area contributed by atoms with Crippen LogP contribution in [0.15, 0.2) is 71.3 Å². The van der Waals surface area contributed by atoms with Crippen LogP contribution in [0.4, 0.5) is 0 Å². The number of aryl methyl sites for hydroxylation is 2. The molecule has 0 saturated carbocycles. The Balaban J connectivity index is 1.57. The molecule has 3 rings (SSSR count). The number of nitrogens with one attached hydrogen (secondary N) is 1. The summed E-state index contributed by atoms with van der Waals surface area (Å²) < 4.78 is 5.84. The van der Waals surface area contributed by atoms with Crippen LogP contribution < -0.4 is 5.48 Å². The number of carbonyl (C=O) groups is 1. The van der Waals surface area contributed by atoms with Crippen molar-refractivity contribution in [1.29, 1.82) is 0 Å². The first-order valence-corrected chi connectivity index (χ1v) is 8.46. The second kappa shape index (κ2) is 8.78. The minimum atomic E-state index is -0.565. The molecule has 0 bridgehead atoms. The van der Waals surface area contributed by atoms with Crippen LogP contribution >= 0.6 is 0 Å². The predicted octanol–water partition coefficient (Wildman–Crippen LogP) is 4.04. The molecule has 0 aliphatic carbocycles. The zero-order valence-corrected chi connectivity index (χ0v) is 14.3. The van der Waals surface area contributed by atoms with Gasteiger partial charge in [-0.2, -0.15) is 0 Å². The number of nitrogens with zero attached hydrogens (tertiary/aromatic N) is 1. The van der Waals surface area contributed by atoms with Gasteiger partial charge in [0, 0.05) is 18.1 Å². The minimum Gasteiger partial charge on any atom is -0.441 e. The van der Waals surface area contributed by atoms with Gasteiger partial charge in [0.15, 0.2) is 11.7 Å². The second-order valence-electron chi connectivity index (χ2n) is 5.89. The summed E-state index contributed by atoms with van der Waals surface area (Å²) in [6, 6.07) is 17.9. The van der Waals surface area contributed by atoms with Gasteiger partial charge >= 0.3 is 0 Å². The van der Waals surface area contributed by atoms with E-state index >= 15 is 0 Å². The Bertz CT molecular complexity index is 868. The van der Waals surface area contributed by atoms with Crippen molar-refractivity contribution in [3.8, 4) is 11.3 Å². The molecule has 2 N–H and O–H groups in total. The first kappa shape index (κ1) is 17.6. The van der Waals surface area contributed by atoms with E-state index in [0.717, 1.165) is 42.0 Å². The van der Waals surface area contributed by atoms with Crippen LogP contribution in [0.25, 0.3) is 17.4 Å². The van der Waals surface area contributed by atoms with E-state index in [1.165, 1.54) is 11.6 Å². The Hall–Kier alpha value is -3.18. The summed E-state index contributed by atoms with van der Waals surface area (Å²) in [7, 11) is 0. The second-order valence-corrected chi connectivity index (χ2v) is 5.89. The standard InChI is InChI=1S/C21H20N2O3/c24-20(23-25)14-11-17-9-12-18(13-10-17)19-15-22-21(26-19)8-4-7-16-5-2-1-3-6-16/h1-3,5-6,9-15,25H,4,7-8H2,(H,23,24)/b14-11+. The monoisotopic (exact) mass is 348 g/mol. The van der Waals surface area contributed by atoms with Crippen LogP contribution in [0.5, 0.6) is 0 Å². The number of benzene rings is 2. The van der Waals surface area contributed by atoms with Crippen LogP contribution in [-0.2, 0) is 17.6 Å². The van der Waals surface area contributed by atoms with Crippen LogP contribution in [0.2, 0.25) is 0 Å². The van der Waals surface area contributed by atoms with Gasteiger partial charge in [-0.1, -0.05) is 54.6 Å². The Kier molecular flexibility index (Phi) is 5.96. The number of hydroxylamine groups is 1. The molecule has 1 amide bonds. The number of carbonyl (C=O) groups excluding carboxylic acids is 1. The Morgan fingerprint density at radius 2 is 1.85 bits per heavy atom. The van der Waals surface area contributed by atoms with Crippen molar-refractivity contribution in [1.82, 2.24) is 10.5 Å². The minimum absolute atomic E-state index is 0.565. The van der Waals surface area contributed by atoms with E-state index in [0.29, 0.717) is 0 Å². The molecular weight excluding hydrogens is 328 g/mol. The number of oxazole rings is 1. The van der Waals surface area contributed by atoms with Gasteiger partial charge in [-0.05, 0) is 30.0 Å². The molecule has 0 atom stereocenters. The average Bonchev–Trinajstić information content (AvgIpc) is 3.16. The van der Waals surface area contributed by atoms with Gasteiger partial charge < -0.3 is 4.42 Å². The van der Waals surface area contributed by atoms with Gasteiger partial charge in [-0.3, -0.25) is 10.0 Å². The maximum Gasteiger partial charge on any atom is 0.267 e. The summed E-state index contributed by atoms with van der Waals surface area (Å²) in [4.78, 5) is 15.3. The quantitative estimate of drug-likeness (QED) is 0.384. The van der Waals surface area contributed by atoms with E-state index in [9.17, 15) is 4.79 Å². The lowest BCUT2D eigenvalue weighted by atomic mass is 10.1. The van der Waals surface area contributed by atoms with Gasteiger partial charge in [0.2, 0.25) is 0 Å². The van der Waals surface area contributed by atoms with E-state index in [-0.39, 0.29) is 0 Å². The molecule has 0 radical (unpaired) electrons. The summed E-state index contributed by atoms with van der Waals surface area (Å²) in [6.45, 7) is 0. The summed E-state index contributed by atoms with van der Waals surface area (Å²) in [5, 5.41) is 8.46. The van der Waals surface area contributed by atoms with Crippen molar-refractivity contribution in [2.24, 2.45) is 0 Å². The van der Waals surface area contributed by atoms with Gasteiger partial charge in [-0.15, -0.1) is 0 Å². The molecule has 1 aromatic heterocycles. The summed E-state index contributed by atoms with van der Waals surface area (Å²) in [5.41, 5.74) is 4.64. The average molecular weight is 348 g/mol. The molecule has 3 aromatic rings. The fourth-order valence-electron chi connectivity index (χ4n) is 2.62. The van der Waals surface area contributed by atoms with E-state index < -0.39 is 5.91 Å². The number of aromatic nitrogens is 1. The van der Waals surface area contributed by atoms with E-state index in [1.807, 2.05) is 42.5 Å². The van der Waals surface area contributed by atoms with E-state index in [4.69, 9.17) is 9.62 Å². The van der Waals surface area contributed by atoms with Gasteiger partial charge in [0.1, 0.15) is 0 Å². The predicted molar refractivity (Wildman–Crippen MR) is 99.4 cm³/mol.